The minimum absolute atomic E-state index is 0.0377. The highest BCUT2D eigenvalue weighted by atomic mass is 35.5. The number of nitrogens with one attached hydrogen (secondary N) is 3. The van der Waals surface area contributed by atoms with Crippen molar-refractivity contribution in [2.45, 2.75) is 12.8 Å². The van der Waals surface area contributed by atoms with Gasteiger partial charge < -0.3 is 31.0 Å². The number of nitrogens with two attached hydrogens (primary N) is 1. The number of halogens is 1. The Balaban J connectivity index is 1.18. The molecular formula is C30H24ClN5O3S. The van der Waals surface area contributed by atoms with Crippen LogP contribution in [0.2, 0.25) is 0 Å². The number of H-pyrrole nitrogens is 2. The number of benzene rings is 3. The van der Waals surface area contributed by atoms with E-state index in [1.165, 1.54) is 11.3 Å². The number of nitrogens with zero attached hydrogens (tertiary/aromatic N) is 1. The van der Waals surface area contributed by atoms with Crippen molar-refractivity contribution in [3.63, 3.8) is 0 Å². The number of anilines is 3. The maximum Gasteiger partial charge on any atom is 0.274 e. The van der Waals surface area contributed by atoms with Gasteiger partial charge in [-0.1, -0.05) is 0 Å². The summed E-state index contributed by atoms with van der Waals surface area (Å²) in [6.07, 6.45) is 0. The summed E-state index contributed by atoms with van der Waals surface area (Å²) >= 11 is 7.86. The molecule has 40 heavy (non-hydrogen) atoms. The Hall–Kier alpha value is -4.47. The minimum atomic E-state index is -0.281. The van der Waals surface area contributed by atoms with E-state index in [9.17, 15) is 14.7 Å². The van der Waals surface area contributed by atoms with Crippen molar-refractivity contribution in [2.24, 2.45) is 0 Å². The summed E-state index contributed by atoms with van der Waals surface area (Å²) in [6, 6.07) is 16.1. The number of fused-ring (bicyclic) bond motifs is 5. The lowest BCUT2D eigenvalue weighted by atomic mass is 9.97. The number of aromatic nitrogens is 2. The lowest BCUT2D eigenvalue weighted by molar-refractivity contribution is 0.0983. The molecule has 200 valence electrons. The molecule has 1 aliphatic heterocycles. The molecule has 6 N–H and O–H groups in total. The highest BCUT2D eigenvalue weighted by molar-refractivity contribution is 7.17. The Kier molecular flexibility index (Phi) is 5.55. The van der Waals surface area contributed by atoms with Crippen molar-refractivity contribution in [3.05, 3.63) is 82.5 Å². The van der Waals surface area contributed by atoms with Gasteiger partial charge in [0, 0.05) is 63.0 Å². The van der Waals surface area contributed by atoms with E-state index in [2.05, 4.69) is 15.3 Å². The second-order valence-electron chi connectivity index (χ2n) is 10.2. The molecule has 0 aliphatic carbocycles. The number of carbonyl (C=O) groups is 2. The van der Waals surface area contributed by atoms with E-state index in [1.54, 1.807) is 35.2 Å². The van der Waals surface area contributed by atoms with Gasteiger partial charge in [0.25, 0.3) is 11.8 Å². The summed E-state index contributed by atoms with van der Waals surface area (Å²) in [7, 11) is 0. The average molecular weight is 570 g/mol. The van der Waals surface area contributed by atoms with Gasteiger partial charge in [0.1, 0.15) is 17.1 Å². The SMILES string of the molecule is Cc1csc2c(O)cc3c(c12)[C@H](CCl)CN3C(=O)c1cc2cc(NC(=O)c3cc4cc(N)ccc4[nH]3)ccc2[nH]1. The number of thiophene rings is 1. The molecule has 3 aromatic carbocycles. The van der Waals surface area contributed by atoms with Gasteiger partial charge in [-0.2, -0.15) is 0 Å². The predicted octanol–water partition coefficient (Wildman–Crippen LogP) is 6.70. The molecule has 10 heteroatoms. The number of amides is 2. The number of carbonyl (C=O) groups excluding carboxylic acids is 2. The van der Waals surface area contributed by atoms with E-state index in [1.807, 2.05) is 36.6 Å². The topological polar surface area (TPSA) is 127 Å². The largest absolute Gasteiger partial charge is 0.506 e. The second-order valence-corrected chi connectivity index (χ2v) is 11.4. The van der Waals surface area contributed by atoms with Crippen LogP contribution in [0.15, 0.2) is 60.0 Å². The zero-order valence-electron chi connectivity index (χ0n) is 21.3. The zero-order chi connectivity index (χ0) is 27.7. The number of aromatic hydroxyl groups is 1. The van der Waals surface area contributed by atoms with Crippen LogP contribution in [0.25, 0.3) is 31.9 Å². The number of phenols is 1. The Morgan fingerprint density at radius 2 is 1.80 bits per heavy atom. The van der Waals surface area contributed by atoms with Crippen molar-refractivity contribution in [3.8, 4) is 5.75 Å². The highest BCUT2D eigenvalue weighted by Gasteiger charge is 2.36. The number of rotatable bonds is 4. The van der Waals surface area contributed by atoms with Crippen LogP contribution in [0.1, 0.15) is 38.0 Å². The van der Waals surface area contributed by atoms with E-state index in [-0.39, 0.29) is 23.5 Å². The molecule has 1 aliphatic rings. The van der Waals surface area contributed by atoms with E-state index in [4.69, 9.17) is 17.3 Å². The molecular weight excluding hydrogens is 546 g/mol. The van der Waals surface area contributed by atoms with Crippen molar-refractivity contribution in [1.82, 2.24) is 9.97 Å². The normalized spacial score (nSPS) is 14.8. The Bertz CT molecular complexity index is 2010. The van der Waals surface area contributed by atoms with Crippen LogP contribution in [0.5, 0.6) is 5.75 Å². The molecule has 3 aromatic heterocycles. The van der Waals surface area contributed by atoms with Crippen LogP contribution < -0.4 is 16.0 Å². The molecule has 8 nitrogen and oxygen atoms in total. The molecule has 1 atom stereocenters. The molecule has 0 radical (unpaired) electrons. The van der Waals surface area contributed by atoms with Gasteiger partial charge in [0.2, 0.25) is 0 Å². The summed E-state index contributed by atoms with van der Waals surface area (Å²) in [5.41, 5.74) is 12.3. The number of nitrogen functional groups attached to an aromatic ring is 1. The Morgan fingerprint density at radius 3 is 2.60 bits per heavy atom. The van der Waals surface area contributed by atoms with Gasteiger partial charge in [0.05, 0.1) is 10.4 Å². The summed E-state index contributed by atoms with van der Waals surface area (Å²) in [5.74, 6) is 0.00157. The predicted molar refractivity (Wildman–Crippen MR) is 162 cm³/mol. The smallest absolute Gasteiger partial charge is 0.274 e. The number of hydrogen-bond acceptors (Lipinski definition) is 5. The first-order chi connectivity index (χ1) is 19.3. The Morgan fingerprint density at radius 1 is 1.07 bits per heavy atom. The average Bonchev–Trinajstić information content (AvgIpc) is 3.71. The van der Waals surface area contributed by atoms with Crippen LogP contribution in [0.4, 0.5) is 17.1 Å². The number of alkyl halides is 1. The Labute approximate surface area is 237 Å². The van der Waals surface area contributed by atoms with E-state index < -0.39 is 0 Å². The summed E-state index contributed by atoms with van der Waals surface area (Å²) < 4.78 is 0.817. The minimum Gasteiger partial charge on any atom is -0.506 e. The van der Waals surface area contributed by atoms with Gasteiger partial charge in [-0.15, -0.1) is 22.9 Å². The van der Waals surface area contributed by atoms with Crippen molar-refractivity contribution in [2.75, 3.05) is 28.4 Å². The molecule has 4 heterocycles. The molecule has 0 fully saturated rings. The van der Waals surface area contributed by atoms with Crippen molar-refractivity contribution < 1.29 is 14.7 Å². The molecule has 7 rings (SSSR count). The quantitative estimate of drug-likeness (QED) is 0.120. The second kappa shape index (κ2) is 9.04. The molecule has 0 unspecified atom stereocenters. The van der Waals surface area contributed by atoms with Crippen molar-refractivity contribution >= 4 is 83.7 Å². The summed E-state index contributed by atoms with van der Waals surface area (Å²) in [6.45, 7) is 2.44. The lowest BCUT2D eigenvalue weighted by Gasteiger charge is -2.17. The van der Waals surface area contributed by atoms with E-state index >= 15 is 0 Å². The standard InChI is InChI=1S/C30H24ClN5O3S/c1-14-13-40-28-25(37)10-24-27(26(14)28)17(11-31)12-36(24)30(39)23-9-16-7-19(3-5-21(16)35-23)33-29(38)22-8-15-6-18(32)2-4-20(15)34-22/h2-10,13,17,34-35,37H,11-12,32H2,1H3,(H,33,38)/t17-/m1/s1. The fourth-order valence-corrected chi connectivity index (χ4v) is 6.91. The third kappa shape index (κ3) is 3.81. The monoisotopic (exact) mass is 569 g/mol. The van der Waals surface area contributed by atoms with Gasteiger partial charge in [-0.25, -0.2) is 0 Å². The number of phenolic OH excluding ortho intramolecular Hbond substituents is 1. The number of aromatic amines is 2. The lowest BCUT2D eigenvalue weighted by Crippen LogP contribution is -2.30. The zero-order valence-corrected chi connectivity index (χ0v) is 22.9. The molecule has 6 aromatic rings. The van der Waals surface area contributed by atoms with Gasteiger partial charge in [-0.3, -0.25) is 9.59 Å². The van der Waals surface area contributed by atoms with Crippen molar-refractivity contribution in [1.29, 1.82) is 0 Å². The molecule has 0 spiro atoms. The van der Waals surface area contributed by atoms with Gasteiger partial charge in [0.15, 0.2) is 0 Å². The first-order valence-electron chi connectivity index (χ1n) is 12.7. The van der Waals surface area contributed by atoms with Gasteiger partial charge in [-0.05, 0) is 72.0 Å². The molecule has 2 amide bonds. The third-order valence-corrected chi connectivity index (χ3v) is 9.05. The highest BCUT2D eigenvalue weighted by Crippen LogP contribution is 2.48. The fraction of sp³-hybridized carbons (Fsp3) is 0.133. The summed E-state index contributed by atoms with van der Waals surface area (Å²) in [5, 5.41) is 18.3. The summed E-state index contributed by atoms with van der Waals surface area (Å²) in [4.78, 5) is 34.7. The van der Waals surface area contributed by atoms with Gasteiger partial charge >= 0.3 is 0 Å². The maximum absolute atomic E-state index is 13.8. The molecule has 0 saturated carbocycles. The maximum atomic E-state index is 13.8. The number of aryl methyl sites for hydroxylation is 1. The number of hydrogen-bond donors (Lipinski definition) is 5. The fourth-order valence-electron chi connectivity index (χ4n) is 5.68. The van der Waals surface area contributed by atoms with Crippen LogP contribution in [-0.2, 0) is 0 Å². The first-order valence-corrected chi connectivity index (χ1v) is 14.2. The molecule has 0 bridgehead atoms. The van der Waals surface area contributed by atoms with E-state index in [0.717, 1.165) is 43.0 Å². The van der Waals surface area contributed by atoms with E-state index in [0.29, 0.717) is 40.9 Å². The third-order valence-electron chi connectivity index (χ3n) is 7.56. The first kappa shape index (κ1) is 24.6. The van der Waals surface area contributed by atoms with Crippen LogP contribution in [0, 0.1) is 6.92 Å². The molecule has 0 saturated heterocycles. The van der Waals surface area contributed by atoms with Crippen LogP contribution in [0.3, 0.4) is 0 Å². The van der Waals surface area contributed by atoms with Crippen LogP contribution >= 0.6 is 22.9 Å². The van der Waals surface area contributed by atoms with Crippen LogP contribution in [-0.4, -0.2) is 39.3 Å².